The quantitative estimate of drug-likeness (QED) is 0.691. The maximum Gasteiger partial charge on any atom is 0.107 e. The van der Waals surface area contributed by atoms with Crippen molar-refractivity contribution in [1.82, 2.24) is 10.3 Å². The molecule has 0 saturated heterocycles. The number of nitrogens with zero attached hydrogens (tertiary/aromatic N) is 1. The molecule has 5 heteroatoms. The normalized spacial score (nSPS) is 10.7. The Hall–Kier alpha value is -0.490. The lowest BCUT2D eigenvalue weighted by Crippen LogP contribution is -2.05. The molecule has 0 spiro atoms. The molecule has 0 saturated carbocycles. The van der Waals surface area contributed by atoms with E-state index in [1.807, 2.05) is 12.4 Å². The SMILES string of the molecule is CNCc1nc(COCCOC)cs1. The van der Waals surface area contributed by atoms with E-state index in [1.54, 1.807) is 18.4 Å². The maximum absolute atomic E-state index is 5.35. The minimum absolute atomic E-state index is 0.573. The van der Waals surface area contributed by atoms with Crippen molar-refractivity contribution in [3.05, 3.63) is 16.1 Å². The van der Waals surface area contributed by atoms with Gasteiger partial charge in [0.1, 0.15) is 5.01 Å². The van der Waals surface area contributed by atoms with Crippen LogP contribution in [0.25, 0.3) is 0 Å². The lowest BCUT2D eigenvalue weighted by atomic mass is 10.5. The number of rotatable bonds is 7. The zero-order valence-electron chi connectivity index (χ0n) is 8.58. The first kappa shape index (κ1) is 11.6. The van der Waals surface area contributed by atoms with Gasteiger partial charge < -0.3 is 14.8 Å². The first-order valence-electron chi connectivity index (χ1n) is 4.51. The summed E-state index contributed by atoms with van der Waals surface area (Å²) in [7, 11) is 3.58. The molecule has 14 heavy (non-hydrogen) atoms. The molecule has 0 radical (unpaired) electrons. The molecule has 4 nitrogen and oxygen atoms in total. The van der Waals surface area contributed by atoms with Crippen molar-refractivity contribution in [2.45, 2.75) is 13.2 Å². The van der Waals surface area contributed by atoms with Crippen LogP contribution in [0.15, 0.2) is 5.38 Å². The van der Waals surface area contributed by atoms with Crippen LogP contribution in [0.4, 0.5) is 0 Å². The van der Waals surface area contributed by atoms with Gasteiger partial charge in [-0.1, -0.05) is 0 Å². The Morgan fingerprint density at radius 2 is 2.36 bits per heavy atom. The lowest BCUT2D eigenvalue weighted by Gasteiger charge is -1.99. The average molecular weight is 216 g/mol. The van der Waals surface area contributed by atoms with Gasteiger partial charge in [-0.2, -0.15) is 0 Å². The fraction of sp³-hybridized carbons (Fsp3) is 0.667. The minimum atomic E-state index is 0.573. The molecular weight excluding hydrogens is 200 g/mol. The van der Waals surface area contributed by atoms with E-state index in [0.717, 1.165) is 17.2 Å². The fourth-order valence-electron chi connectivity index (χ4n) is 0.967. The molecule has 1 rings (SSSR count). The van der Waals surface area contributed by atoms with Gasteiger partial charge in [-0.25, -0.2) is 4.98 Å². The van der Waals surface area contributed by atoms with Gasteiger partial charge in [0.15, 0.2) is 0 Å². The molecule has 80 valence electrons. The molecule has 0 aliphatic rings. The highest BCUT2D eigenvalue weighted by Gasteiger charge is 2.00. The topological polar surface area (TPSA) is 43.4 Å². The Labute approximate surface area is 88.3 Å². The third-order valence-electron chi connectivity index (χ3n) is 1.61. The molecule has 0 fully saturated rings. The Morgan fingerprint density at radius 3 is 3.07 bits per heavy atom. The van der Waals surface area contributed by atoms with E-state index in [-0.39, 0.29) is 0 Å². The Balaban J connectivity index is 2.22. The summed E-state index contributed by atoms with van der Waals surface area (Å²) in [5.41, 5.74) is 0.997. The van der Waals surface area contributed by atoms with Crippen LogP contribution in [-0.2, 0) is 22.6 Å². The van der Waals surface area contributed by atoms with Gasteiger partial charge in [0.05, 0.1) is 25.5 Å². The van der Waals surface area contributed by atoms with Gasteiger partial charge in [-0.3, -0.25) is 0 Å². The van der Waals surface area contributed by atoms with E-state index in [1.165, 1.54) is 0 Å². The molecule has 1 N–H and O–H groups in total. The van der Waals surface area contributed by atoms with Crippen molar-refractivity contribution < 1.29 is 9.47 Å². The molecule has 1 heterocycles. The van der Waals surface area contributed by atoms with E-state index < -0.39 is 0 Å². The van der Waals surface area contributed by atoms with Crippen LogP contribution in [0.2, 0.25) is 0 Å². The maximum atomic E-state index is 5.35. The summed E-state index contributed by atoms with van der Waals surface area (Å²) in [4.78, 5) is 4.39. The van der Waals surface area contributed by atoms with Crippen molar-refractivity contribution in [2.24, 2.45) is 0 Å². The van der Waals surface area contributed by atoms with Gasteiger partial charge in [0, 0.05) is 19.0 Å². The van der Waals surface area contributed by atoms with Gasteiger partial charge in [-0.15, -0.1) is 11.3 Å². The molecule has 0 aromatic carbocycles. The molecule has 0 aliphatic heterocycles. The highest BCUT2D eigenvalue weighted by molar-refractivity contribution is 7.09. The van der Waals surface area contributed by atoms with Crippen LogP contribution in [-0.4, -0.2) is 32.4 Å². The number of nitrogens with one attached hydrogen (secondary N) is 1. The predicted molar refractivity (Wildman–Crippen MR) is 56.4 cm³/mol. The van der Waals surface area contributed by atoms with Gasteiger partial charge in [0.2, 0.25) is 0 Å². The summed E-state index contributed by atoms with van der Waals surface area (Å²) in [5.74, 6) is 0. The molecule has 0 aliphatic carbocycles. The second-order valence-corrected chi connectivity index (χ2v) is 3.75. The minimum Gasteiger partial charge on any atom is -0.382 e. The summed E-state index contributed by atoms with van der Waals surface area (Å²) < 4.78 is 10.2. The molecule has 0 amide bonds. The van der Waals surface area contributed by atoms with Crippen molar-refractivity contribution in [2.75, 3.05) is 27.4 Å². The second kappa shape index (κ2) is 6.89. The Bertz CT molecular complexity index is 253. The van der Waals surface area contributed by atoms with Crippen molar-refractivity contribution in [3.63, 3.8) is 0 Å². The largest absolute Gasteiger partial charge is 0.382 e. The molecule has 1 aromatic heterocycles. The highest BCUT2D eigenvalue weighted by atomic mass is 32.1. The molecule has 0 atom stereocenters. The van der Waals surface area contributed by atoms with Gasteiger partial charge in [0.25, 0.3) is 0 Å². The summed E-state index contributed by atoms with van der Waals surface area (Å²) in [6, 6.07) is 0. The second-order valence-electron chi connectivity index (χ2n) is 2.81. The zero-order valence-corrected chi connectivity index (χ0v) is 9.39. The lowest BCUT2D eigenvalue weighted by molar-refractivity contribution is 0.0604. The smallest absolute Gasteiger partial charge is 0.107 e. The summed E-state index contributed by atoms with van der Waals surface area (Å²) >= 11 is 1.65. The molecule has 1 aromatic rings. The van der Waals surface area contributed by atoms with Crippen LogP contribution in [0.3, 0.4) is 0 Å². The van der Waals surface area contributed by atoms with Gasteiger partial charge in [-0.05, 0) is 7.05 Å². The number of hydrogen-bond donors (Lipinski definition) is 1. The van der Waals surface area contributed by atoms with Crippen molar-refractivity contribution >= 4 is 11.3 Å². The number of methoxy groups -OCH3 is 1. The van der Waals surface area contributed by atoms with E-state index in [4.69, 9.17) is 9.47 Å². The highest BCUT2D eigenvalue weighted by Crippen LogP contribution is 2.09. The summed E-state index contributed by atoms with van der Waals surface area (Å²) in [6.07, 6.45) is 0. The number of ether oxygens (including phenoxy) is 2. The van der Waals surface area contributed by atoms with Crippen molar-refractivity contribution in [3.8, 4) is 0 Å². The molecule has 0 bridgehead atoms. The summed E-state index contributed by atoms with van der Waals surface area (Å²) in [5, 5.41) is 6.18. The van der Waals surface area contributed by atoms with Crippen LogP contribution < -0.4 is 5.32 Å². The van der Waals surface area contributed by atoms with Crippen LogP contribution in [0, 0.1) is 0 Å². The van der Waals surface area contributed by atoms with E-state index >= 15 is 0 Å². The Kier molecular flexibility index (Phi) is 5.70. The number of aromatic nitrogens is 1. The van der Waals surface area contributed by atoms with E-state index in [9.17, 15) is 0 Å². The van der Waals surface area contributed by atoms with E-state index in [2.05, 4.69) is 10.3 Å². The fourth-order valence-corrected chi connectivity index (χ4v) is 1.76. The van der Waals surface area contributed by atoms with E-state index in [0.29, 0.717) is 19.8 Å². The average Bonchev–Trinajstić information content (AvgIpc) is 2.61. The molecule has 0 unspecified atom stereocenters. The van der Waals surface area contributed by atoms with Crippen LogP contribution >= 0.6 is 11.3 Å². The van der Waals surface area contributed by atoms with Crippen molar-refractivity contribution in [1.29, 1.82) is 0 Å². The standard InChI is InChI=1S/C9H16N2O2S/c1-10-5-9-11-8(7-14-9)6-13-4-3-12-2/h7,10H,3-6H2,1-2H3. The number of hydrogen-bond acceptors (Lipinski definition) is 5. The molecular formula is C9H16N2O2S. The van der Waals surface area contributed by atoms with Crippen LogP contribution in [0.5, 0.6) is 0 Å². The first-order valence-corrected chi connectivity index (χ1v) is 5.39. The third-order valence-corrected chi connectivity index (χ3v) is 2.51. The first-order chi connectivity index (χ1) is 6.86. The zero-order chi connectivity index (χ0) is 10.2. The van der Waals surface area contributed by atoms with Gasteiger partial charge >= 0.3 is 0 Å². The monoisotopic (exact) mass is 216 g/mol. The third kappa shape index (κ3) is 4.15. The number of thiazole rings is 1. The van der Waals surface area contributed by atoms with Crippen LogP contribution in [0.1, 0.15) is 10.7 Å². The Morgan fingerprint density at radius 1 is 1.50 bits per heavy atom. The predicted octanol–water partition coefficient (Wildman–Crippen LogP) is 1.03. The summed E-state index contributed by atoms with van der Waals surface area (Å²) in [6.45, 7) is 2.65.